The summed E-state index contributed by atoms with van der Waals surface area (Å²) < 4.78 is 0.973. The molecule has 1 aliphatic heterocycles. The van der Waals surface area contributed by atoms with Gasteiger partial charge in [-0.05, 0) is 24.3 Å². The van der Waals surface area contributed by atoms with Gasteiger partial charge in [-0.25, -0.2) is 0 Å². The summed E-state index contributed by atoms with van der Waals surface area (Å²) in [6.07, 6.45) is 0. The van der Waals surface area contributed by atoms with Crippen molar-refractivity contribution in [3.05, 3.63) is 57.4 Å². The average molecular weight is 448 g/mol. The lowest BCUT2D eigenvalue weighted by molar-refractivity contribution is -0.129. The van der Waals surface area contributed by atoms with Crippen molar-refractivity contribution in [2.24, 2.45) is 0 Å². The van der Waals surface area contributed by atoms with Crippen LogP contribution in [0.2, 0.25) is 10.0 Å². The van der Waals surface area contributed by atoms with Crippen LogP contribution < -0.4 is 10.2 Å². The van der Waals surface area contributed by atoms with Crippen LogP contribution in [0.4, 0.5) is 11.4 Å². The van der Waals surface area contributed by atoms with Gasteiger partial charge in [-0.3, -0.25) is 9.59 Å². The third-order valence-electron chi connectivity index (χ3n) is 5.01. The van der Waals surface area contributed by atoms with Crippen LogP contribution in [0.15, 0.2) is 42.5 Å². The van der Waals surface area contributed by atoms with E-state index in [-0.39, 0.29) is 11.8 Å². The van der Waals surface area contributed by atoms with E-state index in [0.29, 0.717) is 33.7 Å². The first kappa shape index (κ1) is 20.0. The number of hydrogen-bond donors (Lipinski definition) is 1. The molecule has 2 heterocycles. The standard InChI is InChI=1S/C21H19Cl2N3O2S/c1-13(27)25-8-10-26(11-9-25)17-7-6-14(12-16(17)22)24-21(28)20-19(23)15-4-2-3-5-18(15)29-20/h2-7,12H,8-11H2,1H3,(H,24,28). The Kier molecular flexibility index (Phi) is 5.67. The van der Waals surface area contributed by atoms with Gasteiger partial charge in [-0.2, -0.15) is 0 Å². The molecular formula is C21H19Cl2N3O2S. The fourth-order valence-corrected chi connectivity index (χ4v) is 5.16. The molecule has 0 saturated carbocycles. The maximum Gasteiger partial charge on any atom is 0.267 e. The van der Waals surface area contributed by atoms with E-state index in [0.717, 1.165) is 28.9 Å². The Bertz CT molecular complexity index is 1090. The molecular weight excluding hydrogens is 429 g/mol. The minimum absolute atomic E-state index is 0.0914. The molecule has 2 aromatic carbocycles. The Morgan fingerprint density at radius 2 is 1.76 bits per heavy atom. The third-order valence-corrected chi connectivity index (χ3v) is 6.99. The lowest BCUT2D eigenvalue weighted by Crippen LogP contribution is -2.48. The van der Waals surface area contributed by atoms with E-state index < -0.39 is 0 Å². The van der Waals surface area contributed by atoms with Crippen molar-refractivity contribution < 1.29 is 9.59 Å². The SMILES string of the molecule is CC(=O)N1CCN(c2ccc(NC(=O)c3sc4ccccc4c3Cl)cc2Cl)CC1. The van der Waals surface area contributed by atoms with Crippen molar-refractivity contribution in [2.45, 2.75) is 6.92 Å². The predicted molar refractivity (Wildman–Crippen MR) is 121 cm³/mol. The second kappa shape index (κ2) is 8.22. The van der Waals surface area contributed by atoms with E-state index in [9.17, 15) is 9.59 Å². The first-order chi connectivity index (χ1) is 13.9. The summed E-state index contributed by atoms with van der Waals surface area (Å²) in [5.41, 5.74) is 1.51. The highest BCUT2D eigenvalue weighted by atomic mass is 35.5. The van der Waals surface area contributed by atoms with Gasteiger partial charge in [0, 0.05) is 48.9 Å². The fourth-order valence-electron chi connectivity index (χ4n) is 3.45. The summed E-state index contributed by atoms with van der Waals surface area (Å²) >= 11 is 14.3. The average Bonchev–Trinajstić information content (AvgIpc) is 3.05. The molecule has 0 bridgehead atoms. The molecule has 2 amide bonds. The quantitative estimate of drug-likeness (QED) is 0.605. The van der Waals surface area contributed by atoms with Gasteiger partial charge in [0.1, 0.15) is 4.88 Å². The number of amides is 2. The normalized spacial score (nSPS) is 14.3. The summed E-state index contributed by atoms with van der Waals surface area (Å²) in [7, 11) is 0. The van der Waals surface area contributed by atoms with E-state index in [1.54, 1.807) is 13.0 Å². The van der Waals surface area contributed by atoms with Gasteiger partial charge in [-0.1, -0.05) is 41.4 Å². The fraction of sp³-hybridized carbons (Fsp3) is 0.238. The first-order valence-electron chi connectivity index (χ1n) is 9.22. The number of hydrogen-bond acceptors (Lipinski definition) is 4. The van der Waals surface area contributed by atoms with Crippen LogP contribution in [-0.2, 0) is 4.79 Å². The van der Waals surface area contributed by atoms with Crippen LogP contribution in [0.25, 0.3) is 10.1 Å². The number of carbonyl (C=O) groups excluding carboxylic acids is 2. The number of piperazine rings is 1. The highest BCUT2D eigenvalue weighted by molar-refractivity contribution is 7.21. The molecule has 0 atom stereocenters. The largest absolute Gasteiger partial charge is 0.367 e. The van der Waals surface area contributed by atoms with Crippen LogP contribution in [0.1, 0.15) is 16.6 Å². The number of nitrogens with one attached hydrogen (secondary N) is 1. The van der Waals surface area contributed by atoms with Gasteiger partial charge in [0.25, 0.3) is 5.91 Å². The Morgan fingerprint density at radius 1 is 1.03 bits per heavy atom. The summed E-state index contributed by atoms with van der Waals surface area (Å²) in [6, 6.07) is 13.1. The molecule has 1 aliphatic rings. The predicted octanol–water partition coefficient (Wildman–Crippen LogP) is 5.13. The molecule has 1 saturated heterocycles. The molecule has 0 unspecified atom stereocenters. The molecule has 1 fully saturated rings. The van der Waals surface area contributed by atoms with Crippen LogP contribution >= 0.6 is 34.5 Å². The van der Waals surface area contributed by atoms with Crippen LogP contribution in [0.3, 0.4) is 0 Å². The van der Waals surface area contributed by atoms with Crippen LogP contribution in [-0.4, -0.2) is 42.9 Å². The van der Waals surface area contributed by atoms with Crippen molar-refractivity contribution in [2.75, 3.05) is 36.4 Å². The Labute approximate surface area is 182 Å². The monoisotopic (exact) mass is 447 g/mol. The van der Waals surface area contributed by atoms with Crippen LogP contribution in [0, 0.1) is 0 Å². The Morgan fingerprint density at radius 3 is 2.41 bits per heavy atom. The van der Waals surface area contributed by atoms with Gasteiger partial charge in [0.05, 0.1) is 15.7 Å². The molecule has 1 N–H and O–H groups in total. The molecule has 4 rings (SSSR count). The van der Waals surface area contributed by atoms with Crippen molar-refractivity contribution in [1.29, 1.82) is 0 Å². The number of nitrogens with zero attached hydrogens (tertiary/aromatic N) is 2. The van der Waals surface area contributed by atoms with E-state index in [4.69, 9.17) is 23.2 Å². The zero-order valence-electron chi connectivity index (χ0n) is 15.7. The molecule has 29 heavy (non-hydrogen) atoms. The second-order valence-electron chi connectivity index (χ2n) is 6.85. The third kappa shape index (κ3) is 4.06. The first-order valence-corrected chi connectivity index (χ1v) is 10.8. The molecule has 0 aliphatic carbocycles. The van der Waals surface area contributed by atoms with Crippen molar-refractivity contribution in [1.82, 2.24) is 4.90 Å². The molecule has 3 aromatic rings. The van der Waals surface area contributed by atoms with Crippen LogP contribution in [0.5, 0.6) is 0 Å². The topological polar surface area (TPSA) is 52.7 Å². The van der Waals surface area contributed by atoms with Crippen molar-refractivity contribution in [3.8, 4) is 0 Å². The van der Waals surface area contributed by atoms with Gasteiger partial charge in [0.15, 0.2) is 0 Å². The smallest absolute Gasteiger partial charge is 0.267 e. The van der Waals surface area contributed by atoms with Crippen molar-refractivity contribution >= 4 is 67.8 Å². The maximum absolute atomic E-state index is 12.7. The molecule has 5 nitrogen and oxygen atoms in total. The van der Waals surface area contributed by atoms with Gasteiger partial charge >= 0.3 is 0 Å². The van der Waals surface area contributed by atoms with E-state index in [1.165, 1.54) is 11.3 Å². The van der Waals surface area contributed by atoms with Gasteiger partial charge in [0.2, 0.25) is 5.91 Å². The number of benzene rings is 2. The summed E-state index contributed by atoms with van der Waals surface area (Å²) in [5.74, 6) is -0.163. The number of fused-ring (bicyclic) bond motifs is 1. The Balaban J connectivity index is 1.49. The second-order valence-corrected chi connectivity index (χ2v) is 8.69. The maximum atomic E-state index is 12.7. The van der Waals surface area contributed by atoms with Crippen molar-refractivity contribution in [3.63, 3.8) is 0 Å². The zero-order chi connectivity index (χ0) is 20.5. The number of carbonyl (C=O) groups is 2. The highest BCUT2D eigenvalue weighted by Gasteiger charge is 2.21. The van der Waals surface area contributed by atoms with Gasteiger partial charge in [-0.15, -0.1) is 11.3 Å². The minimum Gasteiger partial charge on any atom is -0.367 e. The number of halogens is 2. The molecule has 1 aromatic heterocycles. The lowest BCUT2D eigenvalue weighted by Gasteiger charge is -2.36. The van der Waals surface area contributed by atoms with E-state index in [1.807, 2.05) is 41.3 Å². The lowest BCUT2D eigenvalue weighted by atomic mass is 10.2. The summed E-state index contributed by atoms with van der Waals surface area (Å²) in [5, 5.41) is 4.79. The minimum atomic E-state index is -0.255. The molecule has 150 valence electrons. The number of rotatable bonds is 3. The molecule has 0 spiro atoms. The summed E-state index contributed by atoms with van der Waals surface area (Å²) in [6.45, 7) is 4.39. The highest BCUT2D eigenvalue weighted by Crippen LogP contribution is 2.36. The zero-order valence-corrected chi connectivity index (χ0v) is 18.1. The van der Waals surface area contributed by atoms with Gasteiger partial charge < -0.3 is 15.1 Å². The number of thiophene rings is 1. The molecule has 8 heteroatoms. The van der Waals surface area contributed by atoms with E-state index in [2.05, 4.69) is 10.2 Å². The van der Waals surface area contributed by atoms with E-state index >= 15 is 0 Å². The molecule has 0 radical (unpaired) electrons. The number of anilines is 2. The Hall–Kier alpha value is -2.28. The summed E-state index contributed by atoms with van der Waals surface area (Å²) in [4.78, 5) is 28.7.